The van der Waals surface area contributed by atoms with Crippen molar-refractivity contribution < 1.29 is 23.8 Å². The minimum atomic E-state index is -1.95. The SMILES string of the molecule is COC(OC)(C(=O)c1ccccc1)C(=O)N1CCOCC1. The van der Waals surface area contributed by atoms with Crippen molar-refractivity contribution in [2.45, 2.75) is 5.79 Å². The van der Waals surface area contributed by atoms with E-state index in [1.54, 1.807) is 30.3 Å². The summed E-state index contributed by atoms with van der Waals surface area (Å²) < 4.78 is 15.6. The van der Waals surface area contributed by atoms with E-state index in [1.807, 2.05) is 0 Å². The third-order valence-electron chi connectivity index (χ3n) is 3.49. The first kappa shape index (κ1) is 15.6. The molecule has 1 aliphatic heterocycles. The third kappa shape index (κ3) is 2.97. The van der Waals surface area contributed by atoms with Gasteiger partial charge in [-0.1, -0.05) is 30.3 Å². The van der Waals surface area contributed by atoms with Crippen LogP contribution in [-0.2, 0) is 19.0 Å². The lowest BCUT2D eigenvalue weighted by atomic mass is 10.0. The van der Waals surface area contributed by atoms with E-state index in [-0.39, 0.29) is 0 Å². The van der Waals surface area contributed by atoms with E-state index in [1.165, 1.54) is 19.1 Å². The quantitative estimate of drug-likeness (QED) is 0.454. The van der Waals surface area contributed by atoms with Gasteiger partial charge in [-0.05, 0) is 0 Å². The zero-order valence-electron chi connectivity index (χ0n) is 12.2. The van der Waals surface area contributed by atoms with Crippen molar-refractivity contribution in [2.75, 3.05) is 40.5 Å². The largest absolute Gasteiger partial charge is 0.378 e. The van der Waals surface area contributed by atoms with Crippen LogP contribution in [0.5, 0.6) is 0 Å². The first-order chi connectivity index (χ1) is 10.2. The molecule has 0 saturated carbocycles. The van der Waals surface area contributed by atoms with Gasteiger partial charge in [-0.3, -0.25) is 9.59 Å². The summed E-state index contributed by atoms with van der Waals surface area (Å²) in [6.07, 6.45) is 0. The lowest BCUT2D eigenvalue weighted by Gasteiger charge is -2.35. The molecular formula is C15H19NO5. The van der Waals surface area contributed by atoms with E-state index in [2.05, 4.69) is 0 Å². The van der Waals surface area contributed by atoms with Crippen molar-refractivity contribution in [1.82, 2.24) is 4.90 Å². The molecule has 1 heterocycles. The average Bonchev–Trinajstić information content (AvgIpc) is 2.57. The maximum atomic E-state index is 12.7. The van der Waals surface area contributed by atoms with Gasteiger partial charge in [-0.15, -0.1) is 0 Å². The summed E-state index contributed by atoms with van der Waals surface area (Å²) in [7, 11) is 2.59. The van der Waals surface area contributed by atoms with E-state index in [0.717, 1.165) is 0 Å². The lowest BCUT2D eigenvalue weighted by Crippen LogP contribution is -2.58. The minimum Gasteiger partial charge on any atom is -0.378 e. The van der Waals surface area contributed by atoms with Crippen molar-refractivity contribution in [3.63, 3.8) is 0 Å². The fraction of sp³-hybridized carbons (Fsp3) is 0.467. The normalized spacial score (nSPS) is 15.8. The number of benzene rings is 1. The number of morpholine rings is 1. The molecule has 0 N–H and O–H groups in total. The van der Waals surface area contributed by atoms with Gasteiger partial charge in [0.2, 0.25) is 5.78 Å². The van der Waals surface area contributed by atoms with Crippen LogP contribution in [0.2, 0.25) is 0 Å². The Labute approximate surface area is 123 Å². The van der Waals surface area contributed by atoms with Crippen molar-refractivity contribution >= 4 is 11.7 Å². The molecule has 21 heavy (non-hydrogen) atoms. The Kier molecular flexibility index (Phi) is 5.06. The number of hydrogen-bond acceptors (Lipinski definition) is 5. The second kappa shape index (κ2) is 6.80. The standard InChI is InChI=1S/C15H19NO5/c1-19-15(20-2,13(17)12-6-4-3-5-7-12)14(18)16-8-10-21-11-9-16/h3-7H,8-11H2,1-2H3. The molecule has 0 aromatic heterocycles. The van der Waals surface area contributed by atoms with Gasteiger partial charge in [0, 0.05) is 32.9 Å². The highest BCUT2D eigenvalue weighted by molar-refractivity contribution is 6.15. The second-order valence-electron chi connectivity index (χ2n) is 4.62. The summed E-state index contributed by atoms with van der Waals surface area (Å²) in [6, 6.07) is 8.50. The first-order valence-corrected chi connectivity index (χ1v) is 6.73. The molecule has 0 bridgehead atoms. The minimum absolute atomic E-state index is 0.364. The van der Waals surface area contributed by atoms with Crippen LogP contribution >= 0.6 is 0 Å². The van der Waals surface area contributed by atoms with Crippen LogP contribution in [-0.4, -0.2) is 62.9 Å². The van der Waals surface area contributed by atoms with Gasteiger partial charge in [0.1, 0.15) is 0 Å². The molecule has 0 atom stereocenters. The van der Waals surface area contributed by atoms with E-state index in [9.17, 15) is 9.59 Å². The van der Waals surface area contributed by atoms with Gasteiger partial charge in [0.15, 0.2) is 0 Å². The Hall–Kier alpha value is -1.76. The topological polar surface area (TPSA) is 65.1 Å². The maximum absolute atomic E-state index is 12.7. The van der Waals surface area contributed by atoms with Crippen LogP contribution in [0, 0.1) is 0 Å². The fourth-order valence-electron chi connectivity index (χ4n) is 2.29. The smallest absolute Gasteiger partial charge is 0.315 e. The molecule has 1 aromatic rings. The van der Waals surface area contributed by atoms with E-state index in [4.69, 9.17) is 14.2 Å². The van der Waals surface area contributed by atoms with Crippen LogP contribution < -0.4 is 0 Å². The van der Waals surface area contributed by atoms with Crippen molar-refractivity contribution in [2.24, 2.45) is 0 Å². The fourth-order valence-corrected chi connectivity index (χ4v) is 2.29. The summed E-state index contributed by atoms with van der Waals surface area (Å²) in [6.45, 7) is 1.70. The van der Waals surface area contributed by atoms with Crippen molar-refractivity contribution in [3.05, 3.63) is 35.9 Å². The van der Waals surface area contributed by atoms with E-state index < -0.39 is 17.5 Å². The molecule has 0 radical (unpaired) electrons. The average molecular weight is 293 g/mol. The number of carbonyl (C=O) groups is 2. The van der Waals surface area contributed by atoms with Gasteiger partial charge in [0.05, 0.1) is 13.2 Å². The maximum Gasteiger partial charge on any atom is 0.315 e. The summed E-state index contributed by atoms with van der Waals surface area (Å²) in [5.41, 5.74) is 0.364. The molecule has 1 amide bonds. The molecule has 6 heteroatoms. The number of methoxy groups -OCH3 is 2. The van der Waals surface area contributed by atoms with Crippen molar-refractivity contribution in [3.8, 4) is 0 Å². The molecular weight excluding hydrogens is 274 g/mol. The molecule has 6 nitrogen and oxygen atoms in total. The Morgan fingerprint density at radius 3 is 2.19 bits per heavy atom. The van der Waals surface area contributed by atoms with Crippen LogP contribution in [0.25, 0.3) is 0 Å². The summed E-state index contributed by atoms with van der Waals surface area (Å²) >= 11 is 0. The zero-order chi connectivity index (χ0) is 15.3. The molecule has 114 valence electrons. The number of ether oxygens (including phenoxy) is 3. The molecule has 1 fully saturated rings. The highest BCUT2D eigenvalue weighted by atomic mass is 16.7. The second-order valence-corrected chi connectivity index (χ2v) is 4.62. The number of Topliss-reactive ketones (excluding diaryl/α,β-unsaturated/α-hetero) is 1. The Morgan fingerprint density at radius 1 is 1.10 bits per heavy atom. The molecule has 1 aliphatic rings. The lowest BCUT2D eigenvalue weighted by molar-refractivity contribution is -0.199. The zero-order valence-corrected chi connectivity index (χ0v) is 12.2. The van der Waals surface area contributed by atoms with Crippen LogP contribution in [0.4, 0.5) is 0 Å². The van der Waals surface area contributed by atoms with Gasteiger partial charge < -0.3 is 19.1 Å². The summed E-state index contributed by atoms with van der Waals surface area (Å²) in [5, 5.41) is 0. The number of ketones is 1. The summed E-state index contributed by atoms with van der Waals surface area (Å²) in [4.78, 5) is 26.9. The number of amides is 1. The molecule has 2 rings (SSSR count). The monoisotopic (exact) mass is 293 g/mol. The predicted octanol–water partition coefficient (Wildman–Crippen LogP) is 0.717. The summed E-state index contributed by atoms with van der Waals surface area (Å²) in [5.74, 6) is -2.95. The van der Waals surface area contributed by atoms with Crippen molar-refractivity contribution in [1.29, 1.82) is 0 Å². The Morgan fingerprint density at radius 2 is 1.67 bits per heavy atom. The number of rotatable bonds is 5. The molecule has 0 aliphatic carbocycles. The van der Waals surface area contributed by atoms with Gasteiger partial charge >= 0.3 is 5.79 Å². The Balaban J connectivity index is 2.31. The van der Waals surface area contributed by atoms with E-state index in [0.29, 0.717) is 31.9 Å². The molecule has 0 unspecified atom stereocenters. The third-order valence-corrected chi connectivity index (χ3v) is 3.49. The highest BCUT2D eigenvalue weighted by Gasteiger charge is 2.50. The first-order valence-electron chi connectivity index (χ1n) is 6.73. The molecule has 1 saturated heterocycles. The molecule has 0 spiro atoms. The number of carbonyl (C=O) groups excluding carboxylic acids is 2. The van der Waals surface area contributed by atoms with Crippen LogP contribution in [0.15, 0.2) is 30.3 Å². The highest BCUT2D eigenvalue weighted by Crippen LogP contribution is 2.22. The van der Waals surface area contributed by atoms with Crippen LogP contribution in [0.1, 0.15) is 10.4 Å². The number of nitrogens with zero attached hydrogens (tertiary/aromatic N) is 1. The number of hydrogen-bond donors (Lipinski definition) is 0. The van der Waals surface area contributed by atoms with Crippen LogP contribution in [0.3, 0.4) is 0 Å². The van der Waals surface area contributed by atoms with E-state index >= 15 is 0 Å². The van der Waals surface area contributed by atoms with Gasteiger partial charge in [0.25, 0.3) is 5.91 Å². The predicted molar refractivity (Wildman–Crippen MR) is 74.9 cm³/mol. The molecule has 1 aromatic carbocycles. The van der Waals surface area contributed by atoms with Gasteiger partial charge in [-0.2, -0.15) is 0 Å². The van der Waals surface area contributed by atoms with Gasteiger partial charge in [-0.25, -0.2) is 0 Å². The Bertz CT molecular complexity index is 492.